The monoisotopic (exact) mass is 389 g/mol. The van der Waals surface area contributed by atoms with Crippen LogP contribution in [0.25, 0.3) is 0 Å². The van der Waals surface area contributed by atoms with Gasteiger partial charge in [0, 0.05) is 18.3 Å². The zero-order chi connectivity index (χ0) is 19.4. The van der Waals surface area contributed by atoms with Gasteiger partial charge in [-0.15, -0.1) is 0 Å². The summed E-state index contributed by atoms with van der Waals surface area (Å²) in [7, 11) is -3.04. The first kappa shape index (κ1) is 19.6. The summed E-state index contributed by atoms with van der Waals surface area (Å²) < 4.78 is 25.6. The molecule has 0 N–H and O–H groups in total. The summed E-state index contributed by atoms with van der Waals surface area (Å²) >= 11 is 0. The van der Waals surface area contributed by atoms with Crippen LogP contribution in [0.3, 0.4) is 0 Å². The Bertz CT molecular complexity index is 890. The number of rotatable bonds is 7. The van der Waals surface area contributed by atoms with Gasteiger partial charge in [-0.05, 0) is 25.3 Å². The van der Waals surface area contributed by atoms with Crippen LogP contribution in [0.5, 0.6) is 0 Å². The van der Waals surface area contributed by atoms with E-state index in [1.807, 2.05) is 41.9 Å². The summed E-state index contributed by atoms with van der Waals surface area (Å²) in [6, 6.07) is 9.75. The van der Waals surface area contributed by atoms with Crippen molar-refractivity contribution >= 4 is 15.7 Å². The van der Waals surface area contributed by atoms with Crippen molar-refractivity contribution in [2.75, 3.05) is 18.1 Å². The zero-order valence-electron chi connectivity index (χ0n) is 16.0. The molecule has 1 aromatic heterocycles. The van der Waals surface area contributed by atoms with E-state index in [9.17, 15) is 13.2 Å². The lowest BCUT2D eigenvalue weighted by atomic mass is 10.1. The highest BCUT2D eigenvalue weighted by molar-refractivity contribution is 7.91. The Morgan fingerprint density at radius 3 is 2.67 bits per heavy atom. The van der Waals surface area contributed by atoms with Gasteiger partial charge in [0.05, 0.1) is 29.8 Å². The smallest absolute Gasteiger partial charge is 0.257 e. The predicted molar refractivity (Wildman–Crippen MR) is 106 cm³/mol. The highest BCUT2D eigenvalue weighted by Crippen LogP contribution is 2.22. The zero-order valence-corrected chi connectivity index (χ0v) is 16.8. The Labute approximate surface area is 161 Å². The highest BCUT2D eigenvalue weighted by atomic mass is 32.2. The average molecular weight is 390 g/mol. The van der Waals surface area contributed by atoms with Gasteiger partial charge in [-0.25, -0.2) is 8.42 Å². The summed E-state index contributed by atoms with van der Waals surface area (Å²) in [6.07, 6.45) is 3.95. The van der Waals surface area contributed by atoms with Gasteiger partial charge < -0.3 is 4.90 Å². The molecule has 27 heavy (non-hydrogen) atoms. The number of carbonyl (C=O) groups excluding carboxylic acids is 1. The van der Waals surface area contributed by atoms with E-state index in [4.69, 9.17) is 0 Å². The lowest BCUT2D eigenvalue weighted by molar-refractivity contribution is 0.0693. The number of hydrogen-bond donors (Lipinski definition) is 0. The summed E-state index contributed by atoms with van der Waals surface area (Å²) in [6.45, 7) is 5.15. The van der Waals surface area contributed by atoms with Crippen LogP contribution < -0.4 is 0 Å². The average Bonchev–Trinajstić information content (AvgIpc) is 3.18. The van der Waals surface area contributed by atoms with Crippen molar-refractivity contribution in [3.63, 3.8) is 0 Å². The van der Waals surface area contributed by atoms with Crippen molar-refractivity contribution in [3.8, 4) is 0 Å². The van der Waals surface area contributed by atoms with Crippen LogP contribution in [0.1, 0.15) is 47.8 Å². The van der Waals surface area contributed by atoms with E-state index < -0.39 is 9.84 Å². The van der Waals surface area contributed by atoms with Crippen LogP contribution in [0.2, 0.25) is 0 Å². The van der Waals surface area contributed by atoms with Crippen molar-refractivity contribution in [1.82, 2.24) is 14.7 Å². The molecule has 7 heteroatoms. The Morgan fingerprint density at radius 2 is 2.04 bits per heavy atom. The Balaban J connectivity index is 1.81. The molecule has 1 aliphatic heterocycles. The molecule has 0 bridgehead atoms. The fourth-order valence-corrected chi connectivity index (χ4v) is 5.26. The number of benzene rings is 1. The maximum atomic E-state index is 13.2. The second-order valence-corrected chi connectivity index (χ2v) is 9.42. The molecule has 1 amide bonds. The van der Waals surface area contributed by atoms with Crippen molar-refractivity contribution in [2.24, 2.45) is 0 Å². The number of amides is 1. The summed E-state index contributed by atoms with van der Waals surface area (Å²) in [5, 5.41) is 4.40. The second kappa shape index (κ2) is 8.25. The van der Waals surface area contributed by atoms with Crippen LogP contribution in [0.4, 0.5) is 0 Å². The van der Waals surface area contributed by atoms with Crippen molar-refractivity contribution in [1.29, 1.82) is 0 Å². The number of unbranched alkanes of at least 4 members (excludes halogenated alkanes) is 1. The Hall–Kier alpha value is -2.15. The lowest BCUT2D eigenvalue weighted by Gasteiger charge is -2.28. The molecule has 1 aromatic carbocycles. The van der Waals surface area contributed by atoms with Crippen LogP contribution >= 0.6 is 0 Å². The van der Waals surface area contributed by atoms with E-state index in [2.05, 4.69) is 12.0 Å². The molecule has 146 valence electrons. The molecule has 0 radical (unpaired) electrons. The molecular weight excluding hydrogens is 362 g/mol. The van der Waals surface area contributed by atoms with Gasteiger partial charge in [-0.2, -0.15) is 5.10 Å². The highest BCUT2D eigenvalue weighted by Gasteiger charge is 2.35. The topological polar surface area (TPSA) is 72.3 Å². The largest absolute Gasteiger partial charge is 0.335 e. The van der Waals surface area contributed by atoms with E-state index in [1.165, 1.54) is 0 Å². The van der Waals surface area contributed by atoms with Gasteiger partial charge in [-0.3, -0.25) is 9.48 Å². The molecule has 0 saturated carbocycles. The van der Waals surface area contributed by atoms with Crippen LogP contribution in [-0.2, 0) is 16.4 Å². The molecule has 3 rings (SSSR count). The van der Waals surface area contributed by atoms with Gasteiger partial charge in [-0.1, -0.05) is 43.7 Å². The minimum atomic E-state index is -3.04. The van der Waals surface area contributed by atoms with E-state index >= 15 is 0 Å². The first-order valence-corrected chi connectivity index (χ1v) is 11.3. The molecule has 2 heterocycles. The number of hydrogen-bond acceptors (Lipinski definition) is 4. The Morgan fingerprint density at radius 1 is 1.30 bits per heavy atom. The van der Waals surface area contributed by atoms with Gasteiger partial charge in [0.2, 0.25) is 0 Å². The predicted octanol–water partition coefficient (Wildman–Crippen LogP) is 2.67. The molecule has 1 atom stereocenters. The quantitative estimate of drug-likeness (QED) is 0.730. The molecular formula is C20H27N3O3S. The van der Waals surface area contributed by atoms with Crippen LogP contribution in [-0.4, -0.2) is 53.1 Å². The lowest BCUT2D eigenvalue weighted by Crippen LogP contribution is -2.42. The molecule has 0 spiro atoms. The van der Waals surface area contributed by atoms with Gasteiger partial charge in [0.25, 0.3) is 5.91 Å². The molecule has 6 nitrogen and oxygen atoms in total. The number of carbonyl (C=O) groups is 1. The molecule has 1 fully saturated rings. The fourth-order valence-electron chi connectivity index (χ4n) is 3.53. The Kier molecular flexibility index (Phi) is 5.99. The van der Waals surface area contributed by atoms with Crippen molar-refractivity contribution < 1.29 is 13.2 Å². The van der Waals surface area contributed by atoms with Crippen LogP contribution in [0, 0.1) is 6.92 Å². The van der Waals surface area contributed by atoms with Crippen LogP contribution in [0.15, 0.2) is 36.5 Å². The van der Waals surface area contributed by atoms with E-state index in [1.54, 1.807) is 11.1 Å². The molecule has 2 aromatic rings. The molecule has 1 aliphatic rings. The maximum absolute atomic E-state index is 13.2. The molecule has 0 unspecified atom stereocenters. The van der Waals surface area contributed by atoms with Gasteiger partial charge in [0.15, 0.2) is 9.84 Å². The standard InChI is InChI=1S/C20H27N3O3S/c1-3-4-11-22(18-10-12-27(25,26)15-18)20(24)19-13-21-23(16(19)2)14-17-8-6-5-7-9-17/h5-9,13,18H,3-4,10-12,14-15H2,1-2H3/t18-/m1/s1. The second-order valence-electron chi connectivity index (χ2n) is 7.20. The summed E-state index contributed by atoms with van der Waals surface area (Å²) in [5.74, 6) is 0.127. The normalized spacial score (nSPS) is 18.5. The third-order valence-electron chi connectivity index (χ3n) is 5.17. The maximum Gasteiger partial charge on any atom is 0.257 e. The number of aromatic nitrogens is 2. The number of sulfone groups is 1. The summed E-state index contributed by atoms with van der Waals surface area (Å²) in [4.78, 5) is 15.0. The third-order valence-corrected chi connectivity index (χ3v) is 6.92. The third kappa shape index (κ3) is 4.58. The van der Waals surface area contributed by atoms with Crippen molar-refractivity contribution in [2.45, 2.75) is 45.7 Å². The van der Waals surface area contributed by atoms with Crippen molar-refractivity contribution in [3.05, 3.63) is 53.3 Å². The van der Waals surface area contributed by atoms with Gasteiger partial charge >= 0.3 is 0 Å². The van der Waals surface area contributed by atoms with E-state index in [0.717, 1.165) is 24.1 Å². The minimum absolute atomic E-state index is 0.0691. The van der Waals surface area contributed by atoms with E-state index in [0.29, 0.717) is 25.1 Å². The van der Waals surface area contributed by atoms with E-state index in [-0.39, 0.29) is 23.5 Å². The molecule has 1 saturated heterocycles. The van der Waals surface area contributed by atoms with Gasteiger partial charge in [0.1, 0.15) is 0 Å². The number of nitrogens with zero attached hydrogens (tertiary/aromatic N) is 3. The minimum Gasteiger partial charge on any atom is -0.335 e. The fraction of sp³-hybridized carbons (Fsp3) is 0.500. The first-order chi connectivity index (χ1) is 12.9. The SMILES string of the molecule is CCCCN(C(=O)c1cnn(Cc2ccccc2)c1C)[C@@H]1CCS(=O)(=O)C1. The summed E-state index contributed by atoms with van der Waals surface area (Å²) in [5.41, 5.74) is 2.49. The molecule has 0 aliphatic carbocycles. The first-order valence-electron chi connectivity index (χ1n) is 9.49.